The summed E-state index contributed by atoms with van der Waals surface area (Å²) in [5, 5.41) is 8.79. The van der Waals surface area contributed by atoms with Gasteiger partial charge in [-0.1, -0.05) is 12.1 Å². The number of carboxylic acid groups (broad SMARTS) is 1. The van der Waals surface area contributed by atoms with Gasteiger partial charge in [-0.15, -0.1) is 0 Å². The van der Waals surface area contributed by atoms with Crippen LogP contribution < -0.4 is 16.4 Å². The van der Waals surface area contributed by atoms with Crippen LogP contribution in [0.1, 0.15) is 18.4 Å². The number of carbonyl (C=O) groups is 1. The molecule has 1 aromatic carbocycles. The summed E-state index contributed by atoms with van der Waals surface area (Å²) in [5.41, 5.74) is 13.4. The number of nitrogens with zero attached hydrogens (tertiary/aromatic N) is 1. The maximum Gasteiger partial charge on any atom is 0.320 e. The third kappa shape index (κ3) is 3.24. The second-order valence-corrected chi connectivity index (χ2v) is 5.04. The number of nitrogens with two attached hydrogens (primary N) is 2. The van der Waals surface area contributed by atoms with Crippen LogP contribution in [0.15, 0.2) is 24.3 Å². The van der Waals surface area contributed by atoms with Crippen molar-refractivity contribution in [3.8, 4) is 0 Å². The topological polar surface area (TPSA) is 92.6 Å². The summed E-state index contributed by atoms with van der Waals surface area (Å²) in [4.78, 5) is 13.0. The van der Waals surface area contributed by atoms with Gasteiger partial charge in [0.05, 0.1) is 0 Å². The molecule has 19 heavy (non-hydrogen) atoms. The van der Waals surface area contributed by atoms with E-state index in [4.69, 9.17) is 16.6 Å². The Morgan fingerprint density at radius 1 is 1.42 bits per heavy atom. The fourth-order valence-electron chi connectivity index (χ4n) is 2.59. The van der Waals surface area contributed by atoms with Crippen LogP contribution in [0.4, 0.5) is 5.69 Å². The number of hydrogen-bond donors (Lipinski definition) is 3. The van der Waals surface area contributed by atoms with Gasteiger partial charge < -0.3 is 21.5 Å². The summed E-state index contributed by atoms with van der Waals surface area (Å²) in [6.45, 7) is 1.71. The molecular formula is C14H21N3O2. The fraction of sp³-hybridized carbons (Fsp3) is 0.500. The van der Waals surface area contributed by atoms with Crippen molar-refractivity contribution in [3.63, 3.8) is 0 Å². The van der Waals surface area contributed by atoms with Crippen molar-refractivity contribution in [1.29, 1.82) is 0 Å². The first-order valence-corrected chi connectivity index (χ1v) is 6.66. The first kappa shape index (κ1) is 13.8. The van der Waals surface area contributed by atoms with E-state index in [2.05, 4.69) is 4.90 Å². The van der Waals surface area contributed by atoms with Gasteiger partial charge in [-0.3, -0.25) is 4.79 Å². The van der Waals surface area contributed by atoms with Crippen molar-refractivity contribution in [3.05, 3.63) is 29.8 Å². The van der Waals surface area contributed by atoms with Crippen molar-refractivity contribution in [2.45, 2.75) is 31.3 Å². The third-order valence-electron chi connectivity index (χ3n) is 3.69. The Kier molecular flexibility index (Phi) is 4.39. The van der Waals surface area contributed by atoms with Gasteiger partial charge in [0.1, 0.15) is 6.04 Å². The molecule has 0 saturated carbocycles. The number of rotatable bonds is 5. The molecule has 0 amide bonds. The predicted molar refractivity (Wildman–Crippen MR) is 75.2 cm³/mol. The van der Waals surface area contributed by atoms with Crippen LogP contribution in [-0.4, -0.2) is 36.2 Å². The lowest BCUT2D eigenvalue weighted by molar-refractivity contribution is -0.138. The zero-order valence-corrected chi connectivity index (χ0v) is 11.0. The predicted octanol–water partition coefficient (Wildman–Crippen LogP) is 0.568. The molecule has 2 rings (SSSR count). The van der Waals surface area contributed by atoms with Crippen molar-refractivity contribution >= 4 is 11.7 Å². The summed E-state index contributed by atoms with van der Waals surface area (Å²) < 4.78 is 0. The van der Waals surface area contributed by atoms with Crippen molar-refractivity contribution in [1.82, 2.24) is 0 Å². The highest BCUT2D eigenvalue weighted by molar-refractivity contribution is 5.73. The summed E-state index contributed by atoms with van der Waals surface area (Å²) in [7, 11) is 0. The number of anilines is 1. The van der Waals surface area contributed by atoms with Gasteiger partial charge in [0.15, 0.2) is 0 Å². The molecule has 1 aliphatic heterocycles. The highest BCUT2D eigenvalue weighted by Crippen LogP contribution is 2.25. The molecule has 1 aromatic rings. The molecule has 1 aliphatic rings. The van der Waals surface area contributed by atoms with Gasteiger partial charge in [-0.25, -0.2) is 0 Å². The summed E-state index contributed by atoms with van der Waals surface area (Å²) in [6.07, 6.45) is 2.67. The molecule has 5 nitrogen and oxygen atoms in total. The number of carboxylic acids is 1. The molecule has 0 aromatic heterocycles. The first-order valence-electron chi connectivity index (χ1n) is 6.66. The van der Waals surface area contributed by atoms with E-state index in [-0.39, 0.29) is 0 Å². The Bertz CT molecular complexity index is 433. The molecule has 0 radical (unpaired) electrons. The number of hydrogen-bond acceptors (Lipinski definition) is 4. The molecular weight excluding hydrogens is 242 g/mol. The van der Waals surface area contributed by atoms with Crippen LogP contribution in [0.5, 0.6) is 0 Å². The van der Waals surface area contributed by atoms with Gasteiger partial charge in [-0.05, 0) is 37.0 Å². The molecule has 5 N–H and O–H groups in total. The van der Waals surface area contributed by atoms with Crippen molar-refractivity contribution < 1.29 is 9.90 Å². The fourth-order valence-corrected chi connectivity index (χ4v) is 2.59. The second kappa shape index (κ2) is 6.04. The average molecular weight is 263 g/mol. The average Bonchev–Trinajstić information content (AvgIpc) is 2.87. The van der Waals surface area contributed by atoms with E-state index in [0.29, 0.717) is 19.0 Å². The lowest BCUT2D eigenvalue weighted by atomic mass is 10.1. The quantitative estimate of drug-likeness (QED) is 0.722. The lowest BCUT2D eigenvalue weighted by Crippen LogP contribution is -2.35. The summed E-state index contributed by atoms with van der Waals surface area (Å²) in [5.74, 6) is -0.966. The zero-order valence-electron chi connectivity index (χ0n) is 11.0. The first-order chi connectivity index (χ1) is 9.11. The van der Waals surface area contributed by atoms with E-state index in [0.717, 1.165) is 24.2 Å². The van der Waals surface area contributed by atoms with Crippen LogP contribution in [0.25, 0.3) is 0 Å². The smallest absolute Gasteiger partial charge is 0.320 e. The van der Waals surface area contributed by atoms with Gasteiger partial charge in [-0.2, -0.15) is 0 Å². The summed E-state index contributed by atoms with van der Waals surface area (Å²) >= 11 is 0. The van der Waals surface area contributed by atoms with E-state index in [1.807, 2.05) is 24.3 Å². The van der Waals surface area contributed by atoms with Crippen LogP contribution in [0.3, 0.4) is 0 Å². The van der Waals surface area contributed by atoms with Gasteiger partial charge in [0.25, 0.3) is 0 Å². The van der Waals surface area contributed by atoms with E-state index in [1.165, 1.54) is 6.42 Å². The molecule has 5 heteroatoms. The minimum absolute atomic E-state index is 0.357. The van der Waals surface area contributed by atoms with Crippen molar-refractivity contribution in [2.75, 3.05) is 18.0 Å². The van der Waals surface area contributed by atoms with Crippen LogP contribution in [0.2, 0.25) is 0 Å². The van der Waals surface area contributed by atoms with E-state index < -0.39 is 12.0 Å². The van der Waals surface area contributed by atoms with Crippen molar-refractivity contribution in [2.24, 2.45) is 11.5 Å². The molecule has 104 valence electrons. The summed E-state index contributed by atoms with van der Waals surface area (Å²) in [6, 6.07) is 7.53. The highest BCUT2D eigenvalue weighted by Gasteiger charge is 2.23. The monoisotopic (exact) mass is 263 g/mol. The van der Waals surface area contributed by atoms with E-state index >= 15 is 0 Å². The van der Waals surface area contributed by atoms with Gasteiger partial charge >= 0.3 is 5.97 Å². The van der Waals surface area contributed by atoms with Crippen LogP contribution >= 0.6 is 0 Å². The lowest BCUT2D eigenvalue weighted by Gasteiger charge is -2.25. The Morgan fingerprint density at radius 3 is 2.68 bits per heavy atom. The second-order valence-electron chi connectivity index (χ2n) is 5.04. The Labute approximate surface area is 113 Å². The molecule has 2 atom stereocenters. The SMILES string of the molecule is NC[C@H]1CCCN1c1ccc(C[C@H](N)C(=O)O)cc1. The normalized spacial score (nSPS) is 20.5. The zero-order chi connectivity index (χ0) is 13.8. The van der Waals surface area contributed by atoms with Crippen LogP contribution in [0, 0.1) is 0 Å². The molecule has 0 spiro atoms. The van der Waals surface area contributed by atoms with E-state index in [9.17, 15) is 4.79 Å². The highest BCUT2D eigenvalue weighted by atomic mass is 16.4. The number of aliphatic carboxylic acids is 1. The molecule has 0 unspecified atom stereocenters. The Hall–Kier alpha value is -1.59. The minimum Gasteiger partial charge on any atom is -0.480 e. The van der Waals surface area contributed by atoms with Gasteiger partial charge in [0.2, 0.25) is 0 Å². The Morgan fingerprint density at radius 2 is 2.11 bits per heavy atom. The third-order valence-corrected chi connectivity index (χ3v) is 3.69. The molecule has 0 aliphatic carbocycles. The Balaban J connectivity index is 2.04. The maximum atomic E-state index is 10.7. The largest absolute Gasteiger partial charge is 0.480 e. The minimum atomic E-state index is -0.966. The molecule has 0 bridgehead atoms. The molecule has 1 saturated heterocycles. The maximum absolute atomic E-state index is 10.7. The van der Waals surface area contributed by atoms with Gasteiger partial charge in [0, 0.05) is 24.8 Å². The standard InChI is InChI=1S/C14H21N3O2/c15-9-12-2-1-7-17(12)11-5-3-10(4-6-11)8-13(16)14(18)19/h3-6,12-13H,1-2,7-9,15-16H2,(H,18,19)/t12-,13+/m1/s1. The molecule has 1 fully saturated rings. The molecule has 1 heterocycles. The van der Waals surface area contributed by atoms with E-state index in [1.54, 1.807) is 0 Å². The van der Waals surface area contributed by atoms with Crippen LogP contribution in [-0.2, 0) is 11.2 Å². The number of benzene rings is 1.